The summed E-state index contributed by atoms with van der Waals surface area (Å²) in [6.07, 6.45) is -9.01. The third kappa shape index (κ3) is 5.25. The van der Waals surface area contributed by atoms with Crippen LogP contribution < -0.4 is 0 Å². The zero-order valence-corrected chi connectivity index (χ0v) is 23.5. The van der Waals surface area contributed by atoms with Gasteiger partial charge in [-0.3, -0.25) is 4.79 Å². The molecular formula is C29H35F3O9. The van der Waals surface area contributed by atoms with Gasteiger partial charge in [0, 0.05) is 37.0 Å². The predicted molar refractivity (Wildman–Crippen MR) is 136 cm³/mol. The van der Waals surface area contributed by atoms with E-state index in [9.17, 15) is 32.7 Å². The van der Waals surface area contributed by atoms with E-state index in [0.717, 1.165) is 19.2 Å². The highest BCUT2D eigenvalue weighted by atomic mass is 19.4. The van der Waals surface area contributed by atoms with Gasteiger partial charge in [-0.25, -0.2) is 9.59 Å². The first-order valence-corrected chi connectivity index (χ1v) is 13.4. The summed E-state index contributed by atoms with van der Waals surface area (Å²) in [5.41, 5.74) is -5.22. The normalized spacial score (nSPS) is 35.0. The quantitative estimate of drug-likeness (QED) is 0.301. The molecule has 2 bridgehead atoms. The van der Waals surface area contributed by atoms with Crippen LogP contribution in [0.1, 0.15) is 52.5 Å². The van der Waals surface area contributed by atoms with Gasteiger partial charge in [-0.15, -0.1) is 0 Å². The van der Waals surface area contributed by atoms with Crippen molar-refractivity contribution in [3.05, 3.63) is 48.0 Å². The van der Waals surface area contributed by atoms with Gasteiger partial charge in [0.1, 0.15) is 12.2 Å². The van der Waals surface area contributed by atoms with Gasteiger partial charge in [0.2, 0.25) is 5.79 Å². The van der Waals surface area contributed by atoms with Crippen LogP contribution in [0.5, 0.6) is 0 Å². The zero-order valence-electron chi connectivity index (χ0n) is 23.5. The summed E-state index contributed by atoms with van der Waals surface area (Å²) >= 11 is 0. The number of carbonyl (C=O) groups is 3. The van der Waals surface area contributed by atoms with Crippen molar-refractivity contribution in [2.75, 3.05) is 7.11 Å². The highest BCUT2D eigenvalue weighted by molar-refractivity contribution is 5.91. The second kappa shape index (κ2) is 10.7. The summed E-state index contributed by atoms with van der Waals surface area (Å²) in [5, 5.41) is 11.8. The van der Waals surface area contributed by atoms with E-state index in [1.807, 2.05) is 0 Å². The molecule has 3 heterocycles. The van der Waals surface area contributed by atoms with E-state index < -0.39 is 82.7 Å². The number of hydrogen-bond donors (Lipinski definition) is 1. The second-order valence-corrected chi connectivity index (χ2v) is 11.6. The van der Waals surface area contributed by atoms with E-state index in [4.69, 9.17) is 23.7 Å². The van der Waals surface area contributed by atoms with Gasteiger partial charge in [0.25, 0.3) is 5.60 Å². The van der Waals surface area contributed by atoms with E-state index in [1.165, 1.54) is 18.2 Å². The molecule has 0 radical (unpaired) electrons. The fourth-order valence-corrected chi connectivity index (χ4v) is 6.08. The number of esters is 3. The Morgan fingerprint density at radius 3 is 2.34 bits per heavy atom. The Bertz CT molecular complexity index is 1200. The summed E-state index contributed by atoms with van der Waals surface area (Å²) in [4.78, 5) is 38.6. The maximum absolute atomic E-state index is 14.5. The van der Waals surface area contributed by atoms with Crippen LogP contribution in [-0.4, -0.2) is 66.0 Å². The molecule has 1 N–H and O–H groups in total. The fraction of sp³-hybridized carbons (Fsp3) is 0.621. The van der Waals surface area contributed by atoms with E-state index in [-0.39, 0.29) is 24.8 Å². The average Bonchev–Trinajstić information content (AvgIpc) is 3.30. The van der Waals surface area contributed by atoms with Crippen molar-refractivity contribution in [1.29, 1.82) is 0 Å². The lowest BCUT2D eigenvalue weighted by Crippen LogP contribution is -2.55. The number of benzene rings is 1. The molecule has 1 aromatic rings. The van der Waals surface area contributed by atoms with Crippen LogP contribution in [-0.2, 0) is 43.7 Å². The van der Waals surface area contributed by atoms with Crippen LogP contribution in [0, 0.1) is 17.8 Å². The van der Waals surface area contributed by atoms with Crippen LogP contribution >= 0.6 is 0 Å². The third-order valence-corrected chi connectivity index (χ3v) is 8.30. The number of ether oxygens (including phenoxy) is 5. The average molecular weight is 585 g/mol. The molecule has 41 heavy (non-hydrogen) atoms. The molecule has 0 aliphatic carbocycles. The van der Waals surface area contributed by atoms with Crippen molar-refractivity contribution in [2.24, 2.45) is 17.8 Å². The molecule has 1 aromatic carbocycles. The Hall–Kier alpha value is -2.96. The van der Waals surface area contributed by atoms with Crippen molar-refractivity contribution in [2.45, 2.75) is 88.4 Å². The van der Waals surface area contributed by atoms with E-state index in [0.29, 0.717) is 0 Å². The van der Waals surface area contributed by atoms with Gasteiger partial charge >= 0.3 is 24.1 Å². The highest BCUT2D eigenvalue weighted by Crippen LogP contribution is 2.52. The molecule has 8 atom stereocenters. The van der Waals surface area contributed by atoms with Crippen molar-refractivity contribution in [1.82, 2.24) is 0 Å². The second-order valence-electron chi connectivity index (χ2n) is 11.6. The standard InChI is InChI=1S/C29H35F3O9/c1-15(2)23(33)39-20-13-26(5)14-21(28(36,41-26)16(3)12-19-22(20)17(4)24(34)38-19)40-25(35)27(37-6,29(30,31)32)18-10-8-7-9-11-18/h7-11,15-16,19-22,36H,4,12-14H2,1-3,5-6H3/t16-,19+,20+,21?,22-,26+,27-,28-/m0/s1. The molecule has 1 unspecified atom stereocenters. The molecule has 4 rings (SSSR count). The monoisotopic (exact) mass is 584 g/mol. The minimum absolute atomic E-state index is 0.0425. The molecule has 12 heteroatoms. The minimum atomic E-state index is -5.22. The van der Waals surface area contributed by atoms with Crippen molar-refractivity contribution in [3.63, 3.8) is 0 Å². The van der Waals surface area contributed by atoms with Crippen molar-refractivity contribution >= 4 is 17.9 Å². The molecule has 0 spiro atoms. The Kier molecular flexibility index (Phi) is 8.09. The lowest BCUT2D eigenvalue weighted by atomic mass is 9.78. The molecule has 3 fully saturated rings. The van der Waals surface area contributed by atoms with Crippen LogP contribution in [0.15, 0.2) is 42.5 Å². The molecule has 3 aliphatic heterocycles. The number of aliphatic hydroxyl groups is 1. The molecule has 226 valence electrons. The van der Waals surface area contributed by atoms with Crippen LogP contribution in [0.2, 0.25) is 0 Å². The predicted octanol–water partition coefficient (Wildman–Crippen LogP) is 3.97. The molecule has 0 saturated carbocycles. The van der Waals surface area contributed by atoms with E-state index in [1.54, 1.807) is 27.7 Å². The Labute approximate surface area is 235 Å². The van der Waals surface area contributed by atoms with Gasteiger partial charge in [0.15, 0.2) is 6.10 Å². The minimum Gasteiger partial charge on any atom is -0.461 e. The zero-order chi connectivity index (χ0) is 30.5. The molecule has 0 amide bonds. The summed E-state index contributed by atoms with van der Waals surface area (Å²) in [5.74, 6) is -7.42. The van der Waals surface area contributed by atoms with Gasteiger partial charge in [-0.05, 0) is 13.3 Å². The van der Waals surface area contributed by atoms with E-state index in [2.05, 4.69) is 6.58 Å². The number of hydrogen-bond acceptors (Lipinski definition) is 9. The Morgan fingerprint density at radius 2 is 1.78 bits per heavy atom. The van der Waals surface area contributed by atoms with Gasteiger partial charge in [0.05, 0.1) is 17.4 Å². The smallest absolute Gasteiger partial charge is 0.432 e. The largest absolute Gasteiger partial charge is 0.461 e. The van der Waals surface area contributed by atoms with Crippen molar-refractivity contribution < 1.29 is 56.3 Å². The maximum Gasteiger partial charge on any atom is 0.432 e. The number of alkyl halides is 3. The number of methoxy groups -OCH3 is 1. The van der Waals surface area contributed by atoms with Crippen LogP contribution in [0.25, 0.3) is 0 Å². The first kappa shape index (κ1) is 31.0. The molecule has 0 aromatic heterocycles. The number of fused-ring (bicyclic) bond motifs is 3. The summed E-state index contributed by atoms with van der Waals surface area (Å²) in [6, 6.07) is 6.33. The topological polar surface area (TPSA) is 118 Å². The Morgan fingerprint density at radius 1 is 1.15 bits per heavy atom. The molecule has 3 saturated heterocycles. The molecule has 9 nitrogen and oxygen atoms in total. The van der Waals surface area contributed by atoms with Crippen molar-refractivity contribution in [3.8, 4) is 0 Å². The number of halogens is 3. The summed E-state index contributed by atoms with van der Waals surface area (Å²) in [6.45, 7) is 10.2. The molecular weight excluding hydrogens is 549 g/mol. The first-order valence-electron chi connectivity index (χ1n) is 13.4. The Balaban J connectivity index is 1.73. The first-order chi connectivity index (χ1) is 19.0. The van der Waals surface area contributed by atoms with E-state index >= 15 is 0 Å². The summed E-state index contributed by atoms with van der Waals surface area (Å²) < 4.78 is 71.3. The highest BCUT2D eigenvalue weighted by Gasteiger charge is 2.67. The van der Waals surface area contributed by atoms with Crippen LogP contribution in [0.4, 0.5) is 13.2 Å². The van der Waals surface area contributed by atoms with Gasteiger partial charge in [-0.1, -0.05) is 57.7 Å². The third-order valence-electron chi connectivity index (χ3n) is 8.30. The lowest BCUT2D eigenvalue weighted by Gasteiger charge is -2.38. The fourth-order valence-electron chi connectivity index (χ4n) is 6.08. The van der Waals surface area contributed by atoms with Gasteiger partial charge in [-0.2, -0.15) is 13.2 Å². The summed E-state index contributed by atoms with van der Waals surface area (Å²) in [7, 11) is 0.749. The molecule has 3 aliphatic rings. The maximum atomic E-state index is 14.5. The lowest BCUT2D eigenvalue weighted by molar-refractivity contribution is -0.299. The number of rotatable bonds is 6. The van der Waals surface area contributed by atoms with Crippen LogP contribution in [0.3, 0.4) is 0 Å². The number of carbonyl (C=O) groups excluding carboxylic acids is 3. The van der Waals surface area contributed by atoms with Gasteiger partial charge < -0.3 is 28.8 Å². The SMILES string of the molecule is C=C1C(=O)O[C@@H]2C[C@H](C)[C@]3(O)O[C@@](C)(CC3OC(=O)[C@@](OC)(c3ccccc3)C(F)(F)F)C[C@@H](OC(=O)C(C)C)[C@@H]12.